The molecule has 1 aliphatic heterocycles. The number of likely N-dealkylation sites (N-methyl/N-ethyl adjacent to an activating group) is 1. The second-order valence-electron chi connectivity index (χ2n) is 9.06. The van der Waals surface area contributed by atoms with Crippen LogP contribution in [0.25, 0.3) is 16.6 Å². The molecule has 31 heavy (non-hydrogen) atoms. The average molecular weight is 442 g/mol. The van der Waals surface area contributed by atoms with Gasteiger partial charge in [0.1, 0.15) is 5.75 Å². The number of aryl methyl sites for hydroxylation is 1. The summed E-state index contributed by atoms with van der Waals surface area (Å²) in [5, 5.41) is 1.29. The lowest BCUT2D eigenvalue weighted by Crippen LogP contribution is -2.26. The predicted octanol–water partition coefficient (Wildman–Crippen LogP) is 4.70. The third kappa shape index (κ3) is 4.26. The molecule has 1 aromatic carbocycles. The summed E-state index contributed by atoms with van der Waals surface area (Å²) in [6, 6.07) is 9.90. The summed E-state index contributed by atoms with van der Waals surface area (Å²) in [6.45, 7) is 2.80. The predicted molar refractivity (Wildman–Crippen MR) is 128 cm³/mol. The maximum atomic E-state index is 12.8. The van der Waals surface area contributed by atoms with Gasteiger partial charge in [-0.2, -0.15) is 0 Å². The van der Waals surface area contributed by atoms with E-state index in [1.165, 1.54) is 54.3 Å². The van der Waals surface area contributed by atoms with Gasteiger partial charge in [0.15, 0.2) is 0 Å². The van der Waals surface area contributed by atoms with Crippen molar-refractivity contribution in [1.82, 2.24) is 14.0 Å². The van der Waals surface area contributed by atoms with Crippen LogP contribution < -0.4 is 10.3 Å². The Morgan fingerprint density at radius 1 is 1.06 bits per heavy atom. The number of rotatable bonds is 4. The largest absolute Gasteiger partial charge is 0.493 e. The lowest BCUT2D eigenvalue weighted by atomic mass is 9.90. The molecule has 1 fully saturated rings. The second kappa shape index (κ2) is 9.09. The summed E-state index contributed by atoms with van der Waals surface area (Å²) < 4.78 is 9.96. The topological polar surface area (TPSA) is 39.4 Å². The highest BCUT2D eigenvalue weighted by atomic mass is 35.5. The van der Waals surface area contributed by atoms with Gasteiger partial charge in [0.2, 0.25) is 0 Å². The first-order valence-corrected chi connectivity index (χ1v) is 11.2. The van der Waals surface area contributed by atoms with Crippen molar-refractivity contribution in [2.24, 2.45) is 13.0 Å². The first-order chi connectivity index (χ1) is 14.6. The van der Waals surface area contributed by atoms with Crippen LogP contribution in [0, 0.1) is 5.92 Å². The zero-order valence-corrected chi connectivity index (χ0v) is 19.3. The van der Waals surface area contributed by atoms with E-state index in [-0.39, 0.29) is 18.0 Å². The molecule has 0 spiro atoms. The molecule has 5 rings (SSSR count). The van der Waals surface area contributed by atoms with E-state index in [2.05, 4.69) is 41.8 Å². The van der Waals surface area contributed by atoms with E-state index >= 15 is 0 Å². The van der Waals surface area contributed by atoms with Crippen LogP contribution in [0.3, 0.4) is 0 Å². The Morgan fingerprint density at radius 2 is 1.87 bits per heavy atom. The van der Waals surface area contributed by atoms with Gasteiger partial charge in [-0.05, 0) is 49.6 Å². The number of nitrogens with zero attached hydrogens (tertiary/aromatic N) is 3. The monoisotopic (exact) mass is 441 g/mol. The van der Waals surface area contributed by atoms with Crippen molar-refractivity contribution in [2.45, 2.75) is 45.1 Å². The van der Waals surface area contributed by atoms with Crippen LogP contribution in [-0.4, -0.2) is 34.2 Å². The molecular formula is C25H32ClN3O2. The molecule has 6 heteroatoms. The average Bonchev–Trinajstić information content (AvgIpc) is 3.04. The molecule has 2 aromatic heterocycles. The molecule has 0 bridgehead atoms. The smallest absolute Gasteiger partial charge is 0.258 e. The molecule has 1 aliphatic carbocycles. The molecule has 166 valence electrons. The first kappa shape index (κ1) is 22.0. The van der Waals surface area contributed by atoms with Crippen LogP contribution >= 0.6 is 12.4 Å². The Labute approximate surface area is 190 Å². The molecule has 0 saturated heterocycles. The molecule has 1 saturated carbocycles. The molecule has 3 heterocycles. The highest BCUT2D eigenvalue weighted by Crippen LogP contribution is 2.31. The number of benzene rings is 1. The number of pyridine rings is 1. The van der Waals surface area contributed by atoms with Gasteiger partial charge in [-0.15, -0.1) is 12.4 Å². The fourth-order valence-electron chi connectivity index (χ4n) is 5.18. The molecular weight excluding hydrogens is 410 g/mol. The van der Waals surface area contributed by atoms with Gasteiger partial charge in [-0.3, -0.25) is 9.36 Å². The quantitative estimate of drug-likeness (QED) is 0.589. The highest BCUT2D eigenvalue weighted by Gasteiger charge is 2.21. The van der Waals surface area contributed by atoms with Crippen LogP contribution in [0.4, 0.5) is 0 Å². The van der Waals surface area contributed by atoms with Crippen LogP contribution in [-0.2, 0) is 20.0 Å². The minimum absolute atomic E-state index is 0. The third-order valence-corrected chi connectivity index (χ3v) is 6.96. The Morgan fingerprint density at radius 3 is 2.65 bits per heavy atom. The third-order valence-electron chi connectivity index (χ3n) is 6.96. The summed E-state index contributed by atoms with van der Waals surface area (Å²) in [6.07, 6.45) is 9.35. The van der Waals surface area contributed by atoms with Gasteiger partial charge < -0.3 is 14.2 Å². The molecule has 3 aromatic rings. The minimum Gasteiger partial charge on any atom is -0.493 e. The first-order valence-electron chi connectivity index (χ1n) is 11.2. The van der Waals surface area contributed by atoms with Crippen molar-refractivity contribution in [2.75, 3.05) is 20.2 Å². The standard InChI is InChI=1S/C25H31N3O2.ClH/c1-26-12-11-23-22(16-26)21-9-8-19(14-24(21)27(23)2)28-13-10-20(15-25(28)29)30-17-18-6-4-3-5-7-18;/h8-10,13-15,18H,3-7,11-12,16-17H2,1-2H3;1H. The lowest BCUT2D eigenvalue weighted by molar-refractivity contribution is 0.208. The Bertz CT molecular complexity index is 1130. The fourth-order valence-corrected chi connectivity index (χ4v) is 5.18. The van der Waals surface area contributed by atoms with Gasteiger partial charge in [-0.25, -0.2) is 0 Å². The molecule has 0 N–H and O–H groups in total. The van der Waals surface area contributed by atoms with E-state index in [4.69, 9.17) is 4.74 Å². The summed E-state index contributed by atoms with van der Waals surface area (Å²) >= 11 is 0. The Balaban J connectivity index is 0.00000231. The number of aromatic nitrogens is 2. The Kier molecular flexibility index (Phi) is 6.44. The van der Waals surface area contributed by atoms with E-state index in [0.717, 1.165) is 31.8 Å². The second-order valence-corrected chi connectivity index (χ2v) is 9.06. The SMILES string of the molecule is CN1CCc2c(c3ccc(-n4ccc(OCC5CCCCC5)cc4=O)cc3n2C)C1.Cl. The van der Waals surface area contributed by atoms with E-state index in [1.807, 2.05) is 12.3 Å². The van der Waals surface area contributed by atoms with E-state index in [0.29, 0.717) is 11.7 Å². The molecule has 0 unspecified atom stereocenters. The van der Waals surface area contributed by atoms with Crippen molar-refractivity contribution in [1.29, 1.82) is 0 Å². The van der Waals surface area contributed by atoms with Gasteiger partial charge in [-0.1, -0.05) is 25.3 Å². The summed E-state index contributed by atoms with van der Waals surface area (Å²) in [4.78, 5) is 15.2. The maximum Gasteiger partial charge on any atom is 0.258 e. The highest BCUT2D eigenvalue weighted by molar-refractivity contribution is 5.87. The molecule has 2 aliphatic rings. The summed E-state index contributed by atoms with van der Waals surface area (Å²) in [5.74, 6) is 1.31. The van der Waals surface area contributed by atoms with Gasteiger partial charge in [0.05, 0.1) is 17.8 Å². The zero-order chi connectivity index (χ0) is 20.7. The van der Waals surface area contributed by atoms with Gasteiger partial charge in [0, 0.05) is 49.9 Å². The van der Waals surface area contributed by atoms with Crippen molar-refractivity contribution < 1.29 is 4.74 Å². The lowest BCUT2D eigenvalue weighted by Gasteiger charge is -2.23. The summed E-state index contributed by atoms with van der Waals surface area (Å²) in [5.41, 5.74) is 4.88. The number of fused-ring (bicyclic) bond motifs is 3. The molecule has 0 atom stereocenters. The fraction of sp³-hybridized carbons (Fsp3) is 0.480. The number of hydrogen-bond acceptors (Lipinski definition) is 3. The van der Waals surface area contributed by atoms with Crippen LogP contribution in [0.1, 0.15) is 43.4 Å². The molecule has 0 radical (unpaired) electrons. The van der Waals surface area contributed by atoms with Crippen molar-refractivity contribution in [3.05, 3.63) is 58.1 Å². The van der Waals surface area contributed by atoms with Crippen LogP contribution in [0.15, 0.2) is 41.3 Å². The number of halogens is 1. The van der Waals surface area contributed by atoms with Crippen molar-refractivity contribution in [3.8, 4) is 11.4 Å². The summed E-state index contributed by atoms with van der Waals surface area (Å²) in [7, 11) is 4.31. The van der Waals surface area contributed by atoms with E-state index in [9.17, 15) is 4.79 Å². The van der Waals surface area contributed by atoms with Gasteiger partial charge in [0.25, 0.3) is 5.56 Å². The number of ether oxygens (including phenoxy) is 1. The number of hydrogen-bond donors (Lipinski definition) is 0. The van der Waals surface area contributed by atoms with Crippen molar-refractivity contribution >= 4 is 23.3 Å². The van der Waals surface area contributed by atoms with E-state index < -0.39 is 0 Å². The minimum atomic E-state index is -0.0470. The van der Waals surface area contributed by atoms with Crippen LogP contribution in [0.5, 0.6) is 5.75 Å². The van der Waals surface area contributed by atoms with Crippen molar-refractivity contribution in [3.63, 3.8) is 0 Å². The van der Waals surface area contributed by atoms with E-state index in [1.54, 1.807) is 10.6 Å². The molecule has 0 amide bonds. The normalized spacial score (nSPS) is 17.4. The maximum absolute atomic E-state index is 12.8. The zero-order valence-electron chi connectivity index (χ0n) is 18.5. The van der Waals surface area contributed by atoms with Crippen LogP contribution in [0.2, 0.25) is 0 Å². The Hall–Kier alpha value is -2.24. The van der Waals surface area contributed by atoms with Gasteiger partial charge >= 0.3 is 0 Å². The molecule has 5 nitrogen and oxygen atoms in total.